The van der Waals surface area contributed by atoms with Crippen LogP contribution < -0.4 is 10.6 Å². The zero-order valence-corrected chi connectivity index (χ0v) is 15.3. The highest BCUT2D eigenvalue weighted by molar-refractivity contribution is 7.80. The van der Waals surface area contributed by atoms with Gasteiger partial charge in [-0.15, -0.1) is 0 Å². The minimum atomic E-state index is 0.754. The van der Waals surface area contributed by atoms with Gasteiger partial charge in [0.05, 0.1) is 0 Å². The van der Waals surface area contributed by atoms with E-state index in [0.717, 1.165) is 24.5 Å². The van der Waals surface area contributed by atoms with Crippen LogP contribution in [0.3, 0.4) is 0 Å². The van der Waals surface area contributed by atoms with Crippen molar-refractivity contribution >= 4 is 23.0 Å². The number of anilines is 1. The Morgan fingerprint density at radius 3 is 2.09 bits per heavy atom. The van der Waals surface area contributed by atoms with Crippen LogP contribution in [0, 0.1) is 0 Å². The molecule has 0 fully saturated rings. The molecule has 0 saturated carbocycles. The van der Waals surface area contributed by atoms with E-state index in [0.29, 0.717) is 0 Å². The predicted octanol–water partition coefficient (Wildman–Crippen LogP) is 5.46. The van der Waals surface area contributed by atoms with Gasteiger partial charge in [0.15, 0.2) is 5.11 Å². The summed E-state index contributed by atoms with van der Waals surface area (Å²) in [5, 5.41) is 7.51. The SMILES string of the molecule is CCCCCCCCNC(=S)Nc1c(CC)cccc1CC. The van der Waals surface area contributed by atoms with E-state index in [9.17, 15) is 0 Å². The molecule has 0 heterocycles. The molecule has 0 saturated heterocycles. The van der Waals surface area contributed by atoms with Gasteiger partial charge in [-0.2, -0.15) is 0 Å². The Morgan fingerprint density at radius 2 is 1.50 bits per heavy atom. The maximum Gasteiger partial charge on any atom is 0.170 e. The van der Waals surface area contributed by atoms with Gasteiger partial charge in [0, 0.05) is 12.2 Å². The van der Waals surface area contributed by atoms with Crippen LogP contribution in [0.4, 0.5) is 5.69 Å². The van der Waals surface area contributed by atoms with Crippen LogP contribution in [0.1, 0.15) is 70.4 Å². The molecule has 0 aliphatic rings. The number of benzene rings is 1. The van der Waals surface area contributed by atoms with Crippen molar-refractivity contribution in [3.8, 4) is 0 Å². The summed E-state index contributed by atoms with van der Waals surface area (Å²) in [5.74, 6) is 0. The van der Waals surface area contributed by atoms with Crippen LogP contribution >= 0.6 is 12.2 Å². The van der Waals surface area contributed by atoms with Crippen molar-refractivity contribution < 1.29 is 0 Å². The van der Waals surface area contributed by atoms with Crippen molar-refractivity contribution in [3.63, 3.8) is 0 Å². The zero-order valence-electron chi connectivity index (χ0n) is 14.5. The zero-order chi connectivity index (χ0) is 16.2. The molecule has 2 nitrogen and oxygen atoms in total. The summed E-state index contributed by atoms with van der Waals surface area (Å²) < 4.78 is 0. The molecule has 0 amide bonds. The highest BCUT2D eigenvalue weighted by atomic mass is 32.1. The van der Waals surface area contributed by atoms with Crippen molar-refractivity contribution in [3.05, 3.63) is 29.3 Å². The van der Waals surface area contributed by atoms with Gasteiger partial charge in [0.25, 0.3) is 0 Å². The van der Waals surface area contributed by atoms with Gasteiger partial charge in [-0.1, -0.05) is 71.1 Å². The molecule has 22 heavy (non-hydrogen) atoms. The van der Waals surface area contributed by atoms with Crippen molar-refractivity contribution in [1.29, 1.82) is 0 Å². The molecule has 3 heteroatoms. The Morgan fingerprint density at radius 1 is 0.909 bits per heavy atom. The molecule has 0 aliphatic heterocycles. The summed E-state index contributed by atoms with van der Waals surface area (Å²) in [7, 11) is 0. The fraction of sp³-hybridized carbons (Fsp3) is 0.632. The Bertz CT molecular complexity index is 421. The maximum atomic E-state index is 5.45. The van der Waals surface area contributed by atoms with E-state index in [1.54, 1.807) is 0 Å². The van der Waals surface area contributed by atoms with Gasteiger partial charge >= 0.3 is 0 Å². The Kier molecular flexibility index (Phi) is 9.89. The molecular weight excluding hydrogens is 288 g/mol. The average Bonchev–Trinajstić information content (AvgIpc) is 2.54. The van der Waals surface area contributed by atoms with E-state index >= 15 is 0 Å². The van der Waals surface area contributed by atoms with E-state index < -0.39 is 0 Å². The molecule has 1 aromatic rings. The maximum absolute atomic E-state index is 5.45. The van der Waals surface area contributed by atoms with Crippen LogP contribution in [-0.4, -0.2) is 11.7 Å². The quantitative estimate of drug-likeness (QED) is 0.442. The minimum absolute atomic E-state index is 0.754. The second-order valence-corrected chi connectivity index (χ2v) is 6.22. The monoisotopic (exact) mass is 320 g/mol. The van der Waals surface area contributed by atoms with E-state index in [2.05, 4.69) is 49.6 Å². The molecule has 0 unspecified atom stereocenters. The summed E-state index contributed by atoms with van der Waals surface area (Å²) in [6, 6.07) is 6.49. The van der Waals surface area contributed by atoms with Crippen LogP contribution in [0.5, 0.6) is 0 Å². The lowest BCUT2D eigenvalue weighted by molar-refractivity contribution is 0.603. The van der Waals surface area contributed by atoms with Gasteiger partial charge in [-0.3, -0.25) is 0 Å². The summed E-state index contributed by atoms with van der Waals surface area (Å²) in [5.41, 5.74) is 3.87. The first-order valence-corrected chi connectivity index (χ1v) is 9.29. The number of hydrogen-bond acceptors (Lipinski definition) is 1. The van der Waals surface area contributed by atoms with Crippen molar-refractivity contribution in [2.45, 2.75) is 72.1 Å². The number of nitrogens with one attached hydrogen (secondary N) is 2. The van der Waals surface area contributed by atoms with Crippen molar-refractivity contribution in [1.82, 2.24) is 5.32 Å². The Balaban J connectivity index is 2.36. The molecule has 1 rings (SSSR count). The summed E-state index contributed by atoms with van der Waals surface area (Å²) in [6.07, 6.45) is 9.91. The molecule has 0 spiro atoms. The van der Waals surface area contributed by atoms with Gasteiger partial charge in [-0.25, -0.2) is 0 Å². The number of aryl methyl sites for hydroxylation is 2. The van der Waals surface area contributed by atoms with Crippen LogP contribution in [0.2, 0.25) is 0 Å². The number of para-hydroxylation sites is 1. The first-order valence-electron chi connectivity index (χ1n) is 8.88. The highest BCUT2D eigenvalue weighted by Gasteiger charge is 2.07. The summed E-state index contributed by atoms with van der Waals surface area (Å²) in [6.45, 7) is 7.59. The molecular formula is C19H32N2S. The largest absolute Gasteiger partial charge is 0.362 e. The fourth-order valence-corrected chi connectivity index (χ4v) is 2.87. The summed E-state index contributed by atoms with van der Waals surface area (Å²) in [4.78, 5) is 0. The standard InChI is InChI=1S/C19H32N2S/c1-4-7-8-9-10-11-15-20-19(22)21-18-16(5-2)13-12-14-17(18)6-3/h12-14H,4-11,15H2,1-3H3,(H2,20,21,22). The number of unbranched alkanes of at least 4 members (excludes halogenated alkanes) is 5. The van der Waals surface area contributed by atoms with Gasteiger partial charge in [-0.05, 0) is 42.6 Å². The van der Waals surface area contributed by atoms with E-state index in [-0.39, 0.29) is 0 Å². The van der Waals surface area contributed by atoms with E-state index in [1.165, 1.54) is 55.3 Å². The summed E-state index contributed by atoms with van der Waals surface area (Å²) >= 11 is 5.45. The number of rotatable bonds is 10. The lowest BCUT2D eigenvalue weighted by Gasteiger charge is -2.17. The molecule has 124 valence electrons. The smallest absolute Gasteiger partial charge is 0.170 e. The third-order valence-electron chi connectivity index (χ3n) is 4.05. The number of thiocarbonyl (C=S) groups is 1. The van der Waals surface area contributed by atoms with Crippen molar-refractivity contribution in [2.24, 2.45) is 0 Å². The topological polar surface area (TPSA) is 24.1 Å². The second kappa shape index (κ2) is 11.5. The first-order chi connectivity index (χ1) is 10.7. The van der Waals surface area contributed by atoms with Crippen LogP contribution in [0.25, 0.3) is 0 Å². The van der Waals surface area contributed by atoms with Gasteiger partial charge in [0.2, 0.25) is 0 Å². The lowest BCUT2D eigenvalue weighted by Crippen LogP contribution is -2.30. The van der Waals surface area contributed by atoms with E-state index in [1.807, 2.05) is 0 Å². The first kappa shape index (κ1) is 19.0. The highest BCUT2D eigenvalue weighted by Crippen LogP contribution is 2.22. The fourth-order valence-electron chi connectivity index (χ4n) is 2.67. The third kappa shape index (κ3) is 6.78. The van der Waals surface area contributed by atoms with Gasteiger partial charge in [0.1, 0.15) is 0 Å². The predicted molar refractivity (Wildman–Crippen MR) is 103 cm³/mol. The normalized spacial score (nSPS) is 10.5. The third-order valence-corrected chi connectivity index (χ3v) is 4.30. The molecule has 0 aromatic heterocycles. The average molecular weight is 321 g/mol. The molecule has 0 atom stereocenters. The molecule has 1 aromatic carbocycles. The van der Waals surface area contributed by atoms with Crippen LogP contribution in [0.15, 0.2) is 18.2 Å². The Hall–Kier alpha value is -1.09. The molecule has 0 aliphatic carbocycles. The second-order valence-electron chi connectivity index (χ2n) is 5.81. The Labute approximate surface area is 142 Å². The minimum Gasteiger partial charge on any atom is -0.362 e. The van der Waals surface area contributed by atoms with Crippen LogP contribution in [-0.2, 0) is 12.8 Å². The van der Waals surface area contributed by atoms with Crippen molar-refractivity contribution in [2.75, 3.05) is 11.9 Å². The van der Waals surface area contributed by atoms with Gasteiger partial charge < -0.3 is 10.6 Å². The molecule has 0 radical (unpaired) electrons. The van der Waals surface area contributed by atoms with E-state index in [4.69, 9.17) is 12.2 Å². The molecule has 0 bridgehead atoms. The lowest BCUT2D eigenvalue weighted by atomic mass is 10.0. The molecule has 2 N–H and O–H groups in total. The number of hydrogen-bond donors (Lipinski definition) is 2.